The molecule has 0 aliphatic carbocycles. The number of aryl methyl sites for hydroxylation is 1. The molecule has 1 saturated heterocycles. The SMILES string of the molecule is CN(CCCCCc1cc(-c2ccccc2)n[nH]1)CC1CCNCC1. The minimum atomic E-state index is 0.896. The van der Waals surface area contributed by atoms with E-state index in [-0.39, 0.29) is 0 Å². The number of unbranched alkanes of at least 4 members (excludes halogenated alkanes) is 2. The molecule has 4 nitrogen and oxygen atoms in total. The molecule has 4 heteroatoms. The van der Waals surface area contributed by atoms with Crippen LogP contribution in [0.4, 0.5) is 0 Å². The van der Waals surface area contributed by atoms with E-state index in [1.165, 1.54) is 69.5 Å². The number of aromatic nitrogens is 2. The first-order valence-corrected chi connectivity index (χ1v) is 9.80. The van der Waals surface area contributed by atoms with Crippen molar-refractivity contribution in [3.63, 3.8) is 0 Å². The van der Waals surface area contributed by atoms with Crippen LogP contribution in [-0.4, -0.2) is 48.3 Å². The summed E-state index contributed by atoms with van der Waals surface area (Å²) in [6, 6.07) is 12.6. The van der Waals surface area contributed by atoms with Crippen LogP contribution in [0.2, 0.25) is 0 Å². The molecule has 136 valence electrons. The Kier molecular flexibility index (Phi) is 7.07. The fraction of sp³-hybridized carbons (Fsp3) is 0.571. The van der Waals surface area contributed by atoms with E-state index in [0.717, 1.165) is 18.0 Å². The molecule has 25 heavy (non-hydrogen) atoms. The van der Waals surface area contributed by atoms with Crippen molar-refractivity contribution in [3.05, 3.63) is 42.1 Å². The van der Waals surface area contributed by atoms with E-state index < -0.39 is 0 Å². The molecule has 0 radical (unpaired) electrons. The van der Waals surface area contributed by atoms with Gasteiger partial charge in [0.15, 0.2) is 0 Å². The molecular weight excluding hydrogens is 308 g/mol. The van der Waals surface area contributed by atoms with Crippen LogP contribution in [0.3, 0.4) is 0 Å². The lowest BCUT2D eigenvalue weighted by atomic mass is 9.97. The van der Waals surface area contributed by atoms with E-state index in [4.69, 9.17) is 0 Å². The smallest absolute Gasteiger partial charge is 0.0923 e. The lowest BCUT2D eigenvalue weighted by Crippen LogP contribution is -2.34. The Hall–Kier alpha value is -1.65. The van der Waals surface area contributed by atoms with E-state index in [1.54, 1.807) is 0 Å². The molecule has 0 atom stereocenters. The molecule has 0 saturated carbocycles. The topological polar surface area (TPSA) is 44.0 Å². The van der Waals surface area contributed by atoms with Gasteiger partial charge in [-0.3, -0.25) is 5.10 Å². The summed E-state index contributed by atoms with van der Waals surface area (Å²) in [5.74, 6) is 0.896. The van der Waals surface area contributed by atoms with Crippen molar-refractivity contribution in [1.82, 2.24) is 20.4 Å². The van der Waals surface area contributed by atoms with Crippen LogP contribution in [0.25, 0.3) is 11.3 Å². The standard InChI is InChI=1S/C21H32N4/c1-25(17-18-11-13-22-14-12-18)15-7-3-6-10-20-16-21(24-23-20)19-8-4-2-5-9-19/h2,4-5,8-9,16,18,22H,3,6-7,10-15,17H2,1H3,(H,23,24). The first kappa shape index (κ1) is 18.2. The number of hydrogen-bond acceptors (Lipinski definition) is 3. The van der Waals surface area contributed by atoms with Crippen molar-refractivity contribution < 1.29 is 0 Å². The summed E-state index contributed by atoms with van der Waals surface area (Å²) in [4.78, 5) is 2.53. The fourth-order valence-corrected chi connectivity index (χ4v) is 3.72. The highest BCUT2D eigenvalue weighted by molar-refractivity contribution is 5.58. The lowest BCUT2D eigenvalue weighted by Gasteiger charge is -2.27. The van der Waals surface area contributed by atoms with Gasteiger partial charge in [0, 0.05) is 17.8 Å². The van der Waals surface area contributed by atoms with E-state index >= 15 is 0 Å². The molecule has 0 unspecified atom stereocenters. The number of rotatable bonds is 9. The first-order valence-electron chi connectivity index (χ1n) is 9.80. The Balaban J connectivity index is 1.30. The number of benzene rings is 1. The lowest BCUT2D eigenvalue weighted by molar-refractivity contribution is 0.236. The largest absolute Gasteiger partial charge is 0.317 e. The monoisotopic (exact) mass is 340 g/mol. The third-order valence-corrected chi connectivity index (χ3v) is 5.22. The van der Waals surface area contributed by atoms with Gasteiger partial charge in [-0.25, -0.2) is 0 Å². The molecular formula is C21H32N4. The maximum atomic E-state index is 4.44. The summed E-state index contributed by atoms with van der Waals surface area (Å²) in [6.45, 7) is 4.89. The fourth-order valence-electron chi connectivity index (χ4n) is 3.72. The van der Waals surface area contributed by atoms with Gasteiger partial charge in [0.2, 0.25) is 0 Å². The molecule has 1 aromatic heterocycles. The van der Waals surface area contributed by atoms with Crippen molar-refractivity contribution in [3.8, 4) is 11.3 Å². The molecule has 2 heterocycles. The highest BCUT2D eigenvalue weighted by atomic mass is 15.1. The van der Waals surface area contributed by atoms with E-state index in [1.807, 2.05) is 6.07 Å². The predicted molar refractivity (Wildman–Crippen MR) is 105 cm³/mol. The Morgan fingerprint density at radius 2 is 1.88 bits per heavy atom. The summed E-state index contributed by atoms with van der Waals surface area (Å²) in [7, 11) is 2.28. The van der Waals surface area contributed by atoms with Crippen molar-refractivity contribution in [2.45, 2.75) is 38.5 Å². The summed E-state index contributed by atoms with van der Waals surface area (Å²) in [6.07, 6.45) is 7.59. The van der Waals surface area contributed by atoms with E-state index in [2.05, 4.69) is 57.8 Å². The molecule has 1 aliphatic heterocycles. The third-order valence-electron chi connectivity index (χ3n) is 5.22. The number of nitrogens with zero attached hydrogens (tertiary/aromatic N) is 2. The maximum absolute atomic E-state index is 4.44. The second-order valence-electron chi connectivity index (χ2n) is 7.41. The van der Waals surface area contributed by atoms with Gasteiger partial charge in [0.25, 0.3) is 0 Å². The summed E-state index contributed by atoms with van der Waals surface area (Å²) in [5.41, 5.74) is 3.49. The van der Waals surface area contributed by atoms with Gasteiger partial charge in [-0.1, -0.05) is 36.8 Å². The minimum absolute atomic E-state index is 0.896. The van der Waals surface area contributed by atoms with Crippen LogP contribution in [0.15, 0.2) is 36.4 Å². The Labute approximate surface area is 152 Å². The molecule has 0 spiro atoms. The normalized spacial score (nSPS) is 15.8. The van der Waals surface area contributed by atoms with Crippen LogP contribution < -0.4 is 5.32 Å². The summed E-state index contributed by atoms with van der Waals surface area (Å²) >= 11 is 0. The van der Waals surface area contributed by atoms with Crippen molar-refractivity contribution in [1.29, 1.82) is 0 Å². The molecule has 0 amide bonds. The number of hydrogen-bond donors (Lipinski definition) is 2. The van der Waals surface area contributed by atoms with Crippen LogP contribution in [0.5, 0.6) is 0 Å². The number of nitrogens with one attached hydrogen (secondary N) is 2. The highest BCUT2D eigenvalue weighted by Gasteiger charge is 2.14. The van der Waals surface area contributed by atoms with E-state index in [0.29, 0.717) is 0 Å². The number of aromatic amines is 1. The second kappa shape index (κ2) is 9.73. The maximum Gasteiger partial charge on any atom is 0.0923 e. The zero-order valence-electron chi connectivity index (χ0n) is 15.5. The number of H-pyrrole nitrogens is 1. The van der Waals surface area contributed by atoms with Crippen LogP contribution >= 0.6 is 0 Å². The Morgan fingerprint density at radius 3 is 2.68 bits per heavy atom. The summed E-state index contributed by atoms with van der Waals surface area (Å²) in [5, 5.41) is 11.1. The van der Waals surface area contributed by atoms with Crippen molar-refractivity contribution in [2.75, 3.05) is 33.2 Å². The molecule has 1 aliphatic rings. The summed E-state index contributed by atoms with van der Waals surface area (Å²) < 4.78 is 0. The molecule has 2 N–H and O–H groups in total. The zero-order valence-corrected chi connectivity index (χ0v) is 15.5. The van der Waals surface area contributed by atoms with Crippen molar-refractivity contribution >= 4 is 0 Å². The Morgan fingerprint density at radius 1 is 1.08 bits per heavy atom. The molecule has 1 fully saturated rings. The van der Waals surface area contributed by atoms with Gasteiger partial charge in [-0.05, 0) is 70.8 Å². The Bertz CT molecular complexity index is 601. The van der Waals surface area contributed by atoms with Crippen molar-refractivity contribution in [2.24, 2.45) is 5.92 Å². The van der Waals surface area contributed by atoms with Gasteiger partial charge >= 0.3 is 0 Å². The van der Waals surface area contributed by atoms with Crippen LogP contribution in [-0.2, 0) is 6.42 Å². The van der Waals surface area contributed by atoms with Gasteiger partial charge in [-0.15, -0.1) is 0 Å². The van der Waals surface area contributed by atoms with Crippen LogP contribution in [0, 0.1) is 5.92 Å². The third kappa shape index (κ3) is 5.98. The van der Waals surface area contributed by atoms with Gasteiger partial charge in [0.1, 0.15) is 0 Å². The molecule has 3 rings (SSSR count). The second-order valence-corrected chi connectivity index (χ2v) is 7.41. The quantitative estimate of drug-likeness (QED) is 0.684. The van der Waals surface area contributed by atoms with E-state index in [9.17, 15) is 0 Å². The first-order chi connectivity index (χ1) is 12.3. The van der Waals surface area contributed by atoms with Gasteiger partial charge < -0.3 is 10.2 Å². The van der Waals surface area contributed by atoms with Gasteiger partial charge in [-0.2, -0.15) is 5.10 Å². The molecule has 1 aromatic carbocycles. The number of piperidine rings is 1. The predicted octanol–water partition coefficient (Wildman–Crippen LogP) is 3.72. The van der Waals surface area contributed by atoms with Gasteiger partial charge in [0.05, 0.1) is 5.69 Å². The minimum Gasteiger partial charge on any atom is -0.317 e. The zero-order chi connectivity index (χ0) is 17.3. The highest BCUT2D eigenvalue weighted by Crippen LogP contribution is 2.18. The van der Waals surface area contributed by atoms with Crippen LogP contribution in [0.1, 0.15) is 37.8 Å². The molecule has 0 bridgehead atoms. The average molecular weight is 341 g/mol. The molecule has 2 aromatic rings. The average Bonchev–Trinajstić information content (AvgIpc) is 3.12.